The zero-order chi connectivity index (χ0) is 16.2. The second kappa shape index (κ2) is 7.01. The average Bonchev–Trinajstić information content (AvgIpc) is 3.14. The molecule has 4 heteroatoms. The lowest BCUT2D eigenvalue weighted by Crippen LogP contribution is -2.29. The zero-order valence-electron chi connectivity index (χ0n) is 13.8. The van der Waals surface area contributed by atoms with Crippen molar-refractivity contribution in [1.29, 1.82) is 0 Å². The molecule has 0 aliphatic carbocycles. The van der Waals surface area contributed by atoms with E-state index in [1.807, 2.05) is 19.1 Å². The summed E-state index contributed by atoms with van der Waals surface area (Å²) in [6.07, 6.45) is 1.15. The van der Waals surface area contributed by atoms with Crippen molar-refractivity contribution in [2.75, 3.05) is 19.6 Å². The third-order valence-electron chi connectivity index (χ3n) is 4.37. The van der Waals surface area contributed by atoms with Crippen LogP contribution in [0.4, 0.5) is 0 Å². The Bertz CT molecular complexity index is 678. The highest BCUT2D eigenvalue weighted by Gasteiger charge is 2.22. The van der Waals surface area contributed by atoms with E-state index in [2.05, 4.69) is 34.5 Å². The fraction of sp³-hybridized carbons (Fsp3) is 0.421. The number of benzene rings is 1. The van der Waals surface area contributed by atoms with Crippen molar-refractivity contribution < 1.29 is 9.21 Å². The number of carbonyl (C=O) groups excluding carboxylic acids is 1. The number of hydrogen-bond acceptors (Lipinski definition) is 3. The Morgan fingerprint density at radius 1 is 1.35 bits per heavy atom. The summed E-state index contributed by atoms with van der Waals surface area (Å²) in [6.45, 7) is 7.42. The number of rotatable bonds is 5. The molecule has 1 aliphatic rings. The van der Waals surface area contributed by atoms with E-state index in [-0.39, 0.29) is 5.91 Å². The third kappa shape index (κ3) is 4.23. The highest BCUT2D eigenvalue weighted by molar-refractivity contribution is 5.72. The minimum atomic E-state index is 0.0601. The van der Waals surface area contributed by atoms with Gasteiger partial charge in [-0.2, -0.15) is 0 Å². The molecule has 4 nitrogen and oxygen atoms in total. The second-order valence-corrected chi connectivity index (χ2v) is 6.44. The maximum atomic E-state index is 11.0. The summed E-state index contributed by atoms with van der Waals surface area (Å²) in [5.74, 6) is 2.49. The molecule has 2 aromatic rings. The molecule has 1 fully saturated rings. The molecule has 122 valence electrons. The number of nitrogens with zero attached hydrogens (tertiary/aromatic N) is 1. The number of amides is 1. The van der Waals surface area contributed by atoms with Crippen LogP contribution in [0.2, 0.25) is 0 Å². The Morgan fingerprint density at radius 3 is 2.96 bits per heavy atom. The molecule has 1 aromatic heterocycles. The van der Waals surface area contributed by atoms with Gasteiger partial charge in [-0.3, -0.25) is 9.69 Å². The lowest BCUT2D eigenvalue weighted by atomic mass is 10.1. The first kappa shape index (κ1) is 15.8. The van der Waals surface area contributed by atoms with Crippen LogP contribution in [-0.2, 0) is 11.3 Å². The standard InChI is InChI=1S/C19H24N2O2/c1-14-6-7-19(23-14)18-5-3-4-16(10-18)12-21-9-8-17(13-21)11-20-15(2)22/h3-7,10,17H,8-9,11-13H2,1-2H3,(H,20,22)/t17-/m0/s1. The fourth-order valence-corrected chi connectivity index (χ4v) is 3.18. The average molecular weight is 312 g/mol. The summed E-state index contributed by atoms with van der Waals surface area (Å²) in [5, 5.41) is 2.93. The minimum absolute atomic E-state index is 0.0601. The van der Waals surface area contributed by atoms with E-state index in [0.29, 0.717) is 5.92 Å². The van der Waals surface area contributed by atoms with E-state index in [1.54, 1.807) is 6.92 Å². The van der Waals surface area contributed by atoms with Crippen LogP contribution in [0.3, 0.4) is 0 Å². The number of carbonyl (C=O) groups is 1. The van der Waals surface area contributed by atoms with E-state index in [4.69, 9.17) is 4.42 Å². The van der Waals surface area contributed by atoms with Crippen LogP contribution < -0.4 is 5.32 Å². The Kier molecular flexibility index (Phi) is 4.82. The summed E-state index contributed by atoms with van der Waals surface area (Å²) in [7, 11) is 0. The predicted octanol–water partition coefficient (Wildman–Crippen LogP) is 3.21. The van der Waals surface area contributed by atoms with Crippen molar-refractivity contribution >= 4 is 5.91 Å². The van der Waals surface area contributed by atoms with Gasteiger partial charge in [-0.25, -0.2) is 0 Å². The monoisotopic (exact) mass is 312 g/mol. The van der Waals surface area contributed by atoms with Crippen LogP contribution in [0.25, 0.3) is 11.3 Å². The molecule has 23 heavy (non-hydrogen) atoms. The SMILES string of the molecule is CC(=O)NC[C@@H]1CCN(Cc2cccc(-c3ccc(C)o3)c2)C1. The highest BCUT2D eigenvalue weighted by Crippen LogP contribution is 2.24. The molecule has 1 atom stereocenters. The predicted molar refractivity (Wildman–Crippen MR) is 90.9 cm³/mol. The van der Waals surface area contributed by atoms with Gasteiger partial charge in [0.1, 0.15) is 11.5 Å². The largest absolute Gasteiger partial charge is 0.461 e. The quantitative estimate of drug-likeness (QED) is 0.922. The maximum absolute atomic E-state index is 11.0. The maximum Gasteiger partial charge on any atom is 0.216 e. The number of nitrogens with one attached hydrogen (secondary N) is 1. The van der Waals surface area contributed by atoms with E-state index >= 15 is 0 Å². The minimum Gasteiger partial charge on any atom is -0.461 e. The van der Waals surface area contributed by atoms with Gasteiger partial charge in [-0.15, -0.1) is 0 Å². The van der Waals surface area contributed by atoms with E-state index in [9.17, 15) is 4.79 Å². The topological polar surface area (TPSA) is 45.5 Å². The number of aryl methyl sites for hydroxylation is 1. The summed E-state index contributed by atoms with van der Waals surface area (Å²) in [4.78, 5) is 13.5. The van der Waals surface area contributed by atoms with Gasteiger partial charge < -0.3 is 9.73 Å². The van der Waals surface area contributed by atoms with Gasteiger partial charge in [0.05, 0.1) is 0 Å². The van der Waals surface area contributed by atoms with E-state index in [0.717, 1.165) is 49.7 Å². The number of likely N-dealkylation sites (tertiary alicyclic amines) is 1. The number of furan rings is 1. The van der Waals surface area contributed by atoms with Gasteiger partial charge in [0, 0.05) is 32.1 Å². The Morgan fingerprint density at radius 2 is 2.22 bits per heavy atom. The summed E-state index contributed by atoms with van der Waals surface area (Å²) in [6, 6.07) is 12.6. The van der Waals surface area contributed by atoms with Gasteiger partial charge in [-0.1, -0.05) is 18.2 Å². The lowest BCUT2D eigenvalue weighted by Gasteiger charge is -2.16. The third-order valence-corrected chi connectivity index (χ3v) is 4.37. The molecule has 1 saturated heterocycles. The lowest BCUT2D eigenvalue weighted by molar-refractivity contribution is -0.119. The van der Waals surface area contributed by atoms with Crippen molar-refractivity contribution in [3.63, 3.8) is 0 Å². The van der Waals surface area contributed by atoms with E-state index in [1.165, 1.54) is 5.56 Å². The Hall–Kier alpha value is -2.07. The molecule has 0 radical (unpaired) electrons. The molecule has 1 aromatic carbocycles. The molecule has 2 heterocycles. The highest BCUT2D eigenvalue weighted by atomic mass is 16.3. The molecular formula is C19H24N2O2. The van der Waals surface area contributed by atoms with Crippen molar-refractivity contribution in [2.24, 2.45) is 5.92 Å². The van der Waals surface area contributed by atoms with E-state index < -0.39 is 0 Å². The molecule has 0 spiro atoms. The normalized spacial score (nSPS) is 18.3. The van der Waals surface area contributed by atoms with Crippen LogP contribution in [-0.4, -0.2) is 30.4 Å². The van der Waals surface area contributed by atoms with Gasteiger partial charge in [-0.05, 0) is 49.6 Å². The molecule has 1 N–H and O–H groups in total. The van der Waals surface area contributed by atoms with Crippen molar-refractivity contribution in [3.8, 4) is 11.3 Å². The van der Waals surface area contributed by atoms with Crippen molar-refractivity contribution in [3.05, 3.63) is 47.7 Å². The van der Waals surface area contributed by atoms with Gasteiger partial charge >= 0.3 is 0 Å². The summed E-state index contributed by atoms with van der Waals surface area (Å²) in [5.41, 5.74) is 2.43. The van der Waals surface area contributed by atoms with Crippen LogP contribution in [0, 0.1) is 12.8 Å². The summed E-state index contributed by atoms with van der Waals surface area (Å²) < 4.78 is 5.71. The van der Waals surface area contributed by atoms with Crippen molar-refractivity contribution in [1.82, 2.24) is 10.2 Å². The summed E-state index contributed by atoms with van der Waals surface area (Å²) >= 11 is 0. The first-order valence-corrected chi connectivity index (χ1v) is 8.22. The van der Waals surface area contributed by atoms with Gasteiger partial charge in [0.25, 0.3) is 0 Å². The smallest absolute Gasteiger partial charge is 0.216 e. The van der Waals surface area contributed by atoms with Crippen LogP contribution in [0.5, 0.6) is 0 Å². The van der Waals surface area contributed by atoms with Crippen LogP contribution in [0.15, 0.2) is 40.8 Å². The molecule has 1 aliphatic heterocycles. The molecule has 0 unspecified atom stereocenters. The second-order valence-electron chi connectivity index (χ2n) is 6.44. The van der Waals surface area contributed by atoms with Gasteiger partial charge in [0.15, 0.2) is 0 Å². The molecule has 1 amide bonds. The molecular weight excluding hydrogens is 288 g/mol. The van der Waals surface area contributed by atoms with Crippen molar-refractivity contribution in [2.45, 2.75) is 26.8 Å². The number of hydrogen-bond donors (Lipinski definition) is 1. The molecule has 3 rings (SSSR count). The van der Waals surface area contributed by atoms with Gasteiger partial charge in [0.2, 0.25) is 5.91 Å². The first-order valence-electron chi connectivity index (χ1n) is 8.22. The molecule has 0 saturated carbocycles. The fourth-order valence-electron chi connectivity index (χ4n) is 3.18. The zero-order valence-corrected chi connectivity index (χ0v) is 13.8. The van der Waals surface area contributed by atoms with Crippen LogP contribution >= 0.6 is 0 Å². The Balaban J connectivity index is 1.59. The first-order chi connectivity index (χ1) is 11.1. The molecule has 0 bridgehead atoms. The van der Waals surface area contributed by atoms with Crippen LogP contribution in [0.1, 0.15) is 24.7 Å². The Labute approximate surface area is 137 Å².